The maximum Gasteiger partial charge on any atom is 0.0502 e. The molecule has 3 heteroatoms. The van der Waals surface area contributed by atoms with Crippen LogP contribution >= 0.6 is 24.0 Å². The average Bonchev–Trinajstić information content (AvgIpc) is 2.51. The van der Waals surface area contributed by atoms with Gasteiger partial charge in [-0.15, -0.1) is 24.0 Å². The molecule has 1 aromatic heterocycles. The predicted molar refractivity (Wildman–Crippen MR) is 60.4 cm³/mol. The normalized spacial score (nSPS) is 9.50. The van der Waals surface area contributed by atoms with Crippen molar-refractivity contribution in [2.24, 2.45) is 0 Å². The van der Waals surface area contributed by atoms with Gasteiger partial charge in [-0.05, 0) is 12.1 Å². The molecule has 1 rings (SSSR count). The topological polar surface area (TPSA) is 12.0 Å². The predicted octanol–water partition coefficient (Wildman–Crippen LogP) is 2.84. The summed E-state index contributed by atoms with van der Waals surface area (Å²) in [6.45, 7) is 7.61. The summed E-state index contributed by atoms with van der Waals surface area (Å²) in [5.74, 6) is 0. The van der Waals surface area contributed by atoms with Gasteiger partial charge in [-0.1, -0.05) is 13.2 Å². The van der Waals surface area contributed by atoms with E-state index in [2.05, 4.69) is 31.1 Å². The molecule has 0 amide bonds. The van der Waals surface area contributed by atoms with Crippen LogP contribution in [0.15, 0.2) is 25.3 Å². The number of hydrogen-bond acceptors (Lipinski definition) is 3. The minimum atomic E-state index is 0.801. The van der Waals surface area contributed by atoms with Crippen LogP contribution in [0.4, 0.5) is 0 Å². The van der Waals surface area contributed by atoms with Gasteiger partial charge in [0, 0.05) is 22.5 Å². The molecule has 0 bridgehead atoms. The molecule has 1 nitrogen and oxygen atoms in total. The minimum Gasteiger partial charge on any atom is -0.387 e. The molecule has 0 atom stereocenters. The summed E-state index contributed by atoms with van der Waals surface area (Å²) in [6, 6.07) is 4.01. The maximum atomic E-state index is 4.16. The Morgan fingerprint density at radius 1 is 1.42 bits per heavy atom. The Morgan fingerprint density at radius 2 is 2.00 bits per heavy atom. The van der Waals surface area contributed by atoms with E-state index in [0.717, 1.165) is 20.4 Å². The van der Waals surface area contributed by atoms with Gasteiger partial charge in [0.15, 0.2) is 0 Å². The van der Waals surface area contributed by atoms with Crippen molar-refractivity contribution in [3.8, 4) is 0 Å². The van der Waals surface area contributed by atoms with E-state index in [1.165, 1.54) is 0 Å². The van der Waals surface area contributed by atoms with Crippen LogP contribution in [0.25, 0.3) is 10.6 Å². The van der Waals surface area contributed by atoms with Gasteiger partial charge >= 0.3 is 0 Å². The van der Waals surface area contributed by atoms with E-state index in [0.29, 0.717) is 0 Å². The van der Waals surface area contributed by atoms with Crippen LogP contribution < -0.4 is 5.32 Å². The van der Waals surface area contributed by atoms with E-state index in [1.807, 2.05) is 19.2 Å². The standard InChI is InChI=1S/C9H11NS2/c1-6(10-3)8-4-5-9(12-8)7(2)11/h4-5,10-11H,1-2H2,3H3. The van der Waals surface area contributed by atoms with Crippen molar-refractivity contribution >= 4 is 34.6 Å². The monoisotopic (exact) mass is 197 g/mol. The lowest BCUT2D eigenvalue weighted by atomic mass is 10.3. The molecule has 1 aromatic rings. The number of hydrogen-bond donors (Lipinski definition) is 2. The zero-order valence-corrected chi connectivity index (χ0v) is 8.64. The van der Waals surface area contributed by atoms with Gasteiger partial charge in [0.1, 0.15) is 0 Å². The number of thiol groups is 1. The highest BCUT2D eigenvalue weighted by Crippen LogP contribution is 2.27. The summed E-state index contributed by atoms with van der Waals surface area (Å²) in [5.41, 5.74) is 0.931. The molecule has 0 saturated carbocycles. The summed E-state index contributed by atoms with van der Waals surface area (Å²) in [5, 5.41) is 2.99. The second-order valence-electron chi connectivity index (χ2n) is 2.34. The van der Waals surface area contributed by atoms with Crippen LogP contribution in [0.1, 0.15) is 9.75 Å². The lowest BCUT2D eigenvalue weighted by molar-refractivity contribution is 1.14. The third-order valence-corrected chi connectivity index (χ3v) is 3.09. The molecule has 0 fully saturated rings. The smallest absolute Gasteiger partial charge is 0.0502 e. The molecule has 12 heavy (non-hydrogen) atoms. The van der Waals surface area contributed by atoms with Crippen molar-refractivity contribution in [1.82, 2.24) is 5.32 Å². The molecule has 0 aliphatic rings. The summed E-state index contributed by atoms with van der Waals surface area (Å²) in [6.07, 6.45) is 0. The van der Waals surface area contributed by atoms with Crippen LogP contribution in [-0.4, -0.2) is 7.05 Å². The fraction of sp³-hybridized carbons (Fsp3) is 0.111. The zero-order chi connectivity index (χ0) is 9.14. The first-order valence-corrected chi connectivity index (χ1v) is 4.76. The van der Waals surface area contributed by atoms with E-state index >= 15 is 0 Å². The second-order valence-corrected chi connectivity index (χ2v) is 3.96. The molecule has 0 radical (unpaired) electrons. The van der Waals surface area contributed by atoms with Crippen LogP contribution in [0.3, 0.4) is 0 Å². The molecule has 0 spiro atoms. The Bertz CT molecular complexity index is 312. The number of rotatable bonds is 3. The molecule has 64 valence electrons. The first-order valence-electron chi connectivity index (χ1n) is 3.50. The average molecular weight is 197 g/mol. The summed E-state index contributed by atoms with van der Waals surface area (Å²) >= 11 is 5.80. The van der Waals surface area contributed by atoms with E-state index in [-0.39, 0.29) is 0 Å². The summed E-state index contributed by atoms with van der Waals surface area (Å²) in [7, 11) is 1.86. The number of nitrogens with one attached hydrogen (secondary N) is 1. The van der Waals surface area contributed by atoms with Crippen molar-refractivity contribution in [1.29, 1.82) is 0 Å². The van der Waals surface area contributed by atoms with Gasteiger partial charge in [0.05, 0.1) is 4.88 Å². The van der Waals surface area contributed by atoms with Gasteiger partial charge in [0.25, 0.3) is 0 Å². The lowest BCUT2D eigenvalue weighted by Gasteiger charge is -1.98. The second kappa shape index (κ2) is 3.83. The Labute approximate surface area is 82.2 Å². The van der Waals surface area contributed by atoms with Gasteiger partial charge in [-0.25, -0.2) is 0 Å². The molecule has 0 aromatic carbocycles. The lowest BCUT2D eigenvalue weighted by Crippen LogP contribution is -2.00. The van der Waals surface area contributed by atoms with Crippen molar-refractivity contribution in [2.75, 3.05) is 7.05 Å². The highest BCUT2D eigenvalue weighted by atomic mass is 32.1. The first kappa shape index (κ1) is 9.42. The van der Waals surface area contributed by atoms with Gasteiger partial charge < -0.3 is 5.32 Å². The largest absolute Gasteiger partial charge is 0.387 e. The number of thiophene rings is 1. The van der Waals surface area contributed by atoms with Crippen molar-refractivity contribution in [3.05, 3.63) is 35.0 Å². The molecule has 1 N–H and O–H groups in total. The van der Waals surface area contributed by atoms with Crippen LogP contribution in [0, 0.1) is 0 Å². The fourth-order valence-corrected chi connectivity index (χ4v) is 1.84. The first-order chi connectivity index (χ1) is 5.65. The summed E-state index contributed by atoms with van der Waals surface area (Å²) in [4.78, 5) is 3.02. The Morgan fingerprint density at radius 3 is 2.42 bits per heavy atom. The van der Waals surface area contributed by atoms with Gasteiger partial charge in [0.2, 0.25) is 0 Å². The molecule has 0 aliphatic heterocycles. The SMILES string of the molecule is C=C(S)c1ccc(C(=C)NC)s1. The Kier molecular flexibility index (Phi) is 3.00. The maximum absolute atomic E-state index is 4.16. The van der Waals surface area contributed by atoms with E-state index in [1.54, 1.807) is 11.3 Å². The highest BCUT2D eigenvalue weighted by Gasteiger charge is 2.02. The van der Waals surface area contributed by atoms with E-state index < -0.39 is 0 Å². The van der Waals surface area contributed by atoms with Crippen LogP contribution in [0.2, 0.25) is 0 Å². The van der Waals surface area contributed by atoms with Gasteiger partial charge in [-0.3, -0.25) is 0 Å². The van der Waals surface area contributed by atoms with Crippen LogP contribution in [0.5, 0.6) is 0 Å². The fourth-order valence-electron chi connectivity index (χ4n) is 0.778. The molecule has 0 saturated heterocycles. The molecule has 0 aliphatic carbocycles. The Balaban J connectivity index is 2.91. The summed E-state index contributed by atoms with van der Waals surface area (Å²) < 4.78 is 0. The minimum absolute atomic E-state index is 0.801. The van der Waals surface area contributed by atoms with Crippen molar-refractivity contribution < 1.29 is 0 Å². The quantitative estimate of drug-likeness (QED) is 0.710. The van der Waals surface area contributed by atoms with Gasteiger partial charge in [-0.2, -0.15) is 0 Å². The third kappa shape index (κ3) is 1.93. The molecule has 1 heterocycles. The third-order valence-electron chi connectivity index (χ3n) is 1.49. The van der Waals surface area contributed by atoms with E-state index in [9.17, 15) is 0 Å². The van der Waals surface area contributed by atoms with Crippen molar-refractivity contribution in [3.63, 3.8) is 0 Å². The zero-order valence-electron chi connectivity index (χ0n) is 6.92. The molecule has 0 unspecified atom stereocenters. The Hall–Kier alpha value is -0.670. The molecular formula is C9H11NS2. The van der Waals surface area contributed by atoms with Crippen LogP contribution in [-0.2, 0) is 0 Å². The molecular weight excluding hydrogens is 186 g/mol. The van der Waals surface area contributed by atoms with Crippen molar-refractivity contribution in [2.45, 2.75) is 0 Å². The van der Waals surface area contributed by atoms with E-state index in [4.69, 9.17) is 0 Å². The highest BCUT2D eigenvalue weighted by molar-refractivity contribution is 7.90.